The predicted octanol–water partition coefficient (Wildman–Crippen LogP) is 3.81. The molecule has 0 heterocycles. The monoisotopic (exact) mass is 424 g/mol. The van der Waals surface area contributed by atoms with E-state index >= 15 is 0 Å². The maximum Gasteiger partial charge on any atom is 0.252 e. The number of carbonyl (C=O) groups excluding carboxylic acids is 1. The fraction of sp³-hybridized carbons (Fsp3) is 0.0870. The van der Waals surface area contributed by atoms with Gasteiger partial charge in [-0.1, -0.05) is 66.7 Å². The van der Waals surface area contributed by atoms with Crippen molar-refractivity contribution >= 4 is 15.9 Å². The van der Waals surface area contributed by atoms with Gasteiger partial charge >= 0.3 is 0 Å². The molecule has 0 aliphatic heterocycles. The second-order valence-electron chi connectivity index (χ2n) is 6.51. The maximum absolute atomic E-state index is 14.2. The van der Waals surface area contributed by atoms with E-state index < -0.39 is 32.7 Å². The topological polar surface area (TPSA) is 75.3 Å². The lowest BCUT2D eigenvalue weighted by Gasteiger charge is -2.20. The van der Waals surface area contributed by atoms with Crippen molar-refractivity contribution in [2.75, 3.05) is 6.54 Å². The molecule has 0 radical (unpaired) electrons. The molecule has 154 valence electrons. The average molecular weight is 424 g/mol. The van der Waals surface area contributed by atoms with E-state index in [0.29, 0.717) is 0 Å². The SMILES string of the molecule is C=CCNS(=O)(=O)c1cc(C(=O)NC(c2ccccc2)c2ccccc2)ccc1F. The molecule has 3 aromatic rings. The molecule has 0 spiro atoms. The third kappa shape index (κ3) is 5.00. The Kier molecular flexibility index (Phi) is 6.76. The number of hydrogen-bond donors (Lipinski definition) is 2. The van der Waals surface area contributed by atoms with Crippen molar-refractivity contribution in [2.45, 2.75) is 10.9 Å². The molecule has 30 heavy (non-hydrogen) atoms. The molecule has 0 atom stereocenters. The number of rotatable bonds is 8. The minimum atomic E-state index is -4.12. The number of benzene rings is 3. The van der Waals surface area contributed by atoms with Crippen LogP contribution in [-0.2, 0) is 10.0 Å². The maximum atomic E-state index is 14.2. The van der Waals surface area contributed by atoms with E-state index in [0.717, 1.165) is 23.3 Å². The molecule has 7 heteroatoms. The smallest absolute Gasteiger partial charge is 0.252 e. The minimum Gasteiger partial charge on any atom is -0.341 e. The van der Waals surface area contributed by atoms with Crippen molar-refractivity contribution < 1.29 is 17.6 Å². The summed E-state index contributed by atoms with van der Waals surface area (Å²) in [6.45, 7) is 3.38. The molecule has 0 aliphatic carbocycles. The molecule has 3 rings (SSSR count). The highest BCUT2D eigenvalue weighted by atomic mass is 32.2. The largest absolute Gasteiger partial charge is 0.341 e. The van der Waals surface area contributed by atoms with Crippen LogP contribution in [0.25, 0.3) is 0 Å². The predicted molar refractivity (Wildman–Crippen MR) is 114 cm³/mol. The zero-order valence-corrected chi connectivity index (χ0v) is 16.9. The normalized spacial score (nSPS) is 11.3. The van der Waals surface area contributed by atoms with Crippen LogP contribution in [0.5, 0.6) is 0 Å². The van der Waals surface area contributed by atoms with Gasteiger partial charge in [0.05, 0.1) is 6.04 Å². The first-order valence-electron chi connectivity index (χ1n) is 9.23. The Bertz CT molecular complexity index is 1090. The third-order valence-electron chi connectivity index (χ3n) is 4.44. The standard InChI is InChI=1S/C23H21FN2O3S/c1-2-15-25-30(28,29)21-16-19(13-14-20(21)24)23(27)26-22(17-9-5-3-6-10-17)18-11-7-4-8-12-18/h2-14,16,22,25H,1,15H2,(H,26,27). The Morgan fingerprint density at radius 1 is 0.967 bits per heavy atom. The molecule has 0 saturated heterocycles. The highest BCUT2D eigenvalue weighted by Gasteiger charge is 2.22. The summed E-state index contributed by atoms with van der Waals surface area (Å²) < 4.78 is 41.0. The molecule has 0 bridgehead atoms. The van der Waals surface area contributed by atoms with Gasteiger partial charge in [-0.2, -0.15) is 0 Å². The van der Waals surface area contributed by atoms with Gasteiger partial charge in [-0.15, -0.1) is 6.58 Å². The highest BCUT2D eigenvalue weighted by Crippen LogP contribution is 2.23. The Labute approximate surface area is 175 Å². The minimum absolute atomic E-state index is 0.0345. The molecule has 0 aliphatic rings. The molecule has 0 unspecified atom stereocenters. The van der Waals surface area contributed by atoms with Crippen LogP contribution in [-0.4, -0.2) is 20.9 Å². The number of sulfonamides is 1. The molecule has 2 N–H and O–H groups in total. The first kappa shape index (κ1) is 21.4. The zero-order chi connectivity index (χ0) is 21.6. The fourth-order valence-corrected chi connectivity index (χ4v) is 4.06. The lowest BCUT2D eigenvalue weighted by atomic mass is 9.98. The number of halogens is 1. The third-order valence-corrected chi connectivity index (χ3v) is 5.88. The van der Waals surface area contributed by atoms with Crippen molar-refractivity contribution in [3.05, 3.63) is 114 Å². The Hall–Kier alpha value is -3.29. The molecule has 0 saturated carbocycles. The van der Waals surface area contributed by atoms with E-state index in [1.54, 1.807) is 0 Å². The number of carbonyl (C=O) groups is 1. The highest BCUT2D eigenvalue weighted by molar-refractivity contribution is 7.89. The van der Waals surface area contributed by atoms with Gasteiger partial charge < -0.3 is 5.32 Å². The summed E-state index contributed by atoms with van der Waals surface area (Å²) in [5.41, 5.74) is 1.76. The van der Waals surface area contributed by atoms with Crippen molar-refractivity contribution in [3.8, 4) is 0 Å². The summed E-state index contributed by atoms with van der Waals surface area (Å²) in [6, 6.07) is 21.6. The van der Waals surface area contributed by atoms with Crippen LogP contribution >= 0.6 is 0 Å². The summed E-state index contributed by atoms with van der Waals surface area (Å²) in [4.78, 5) is 12.4. The van der Waals surface area contributed by atoms with Crippen LogP contribution in [0.2, 0.25) is 0 Å². The van der Waals surface area contributed by atoms with Crippen molar-refractivity contribution in [3.63, 3.8) is 0 Å². The van der Waals surface area contributed by atoms with Gasteiger partial charge in [0.25, 0.3) is 5.91 Å². The first-order valence-corrected chi connectivity index (χ1v) is 10.7. The van der Waals surface area contributed by atoms with E-state index in [2.05, 4.69) is 16.6 Å². The zero-order valence-electron chi connectivity index (χ0n) is 16.1. The van der Waals surface area contributed by atoms with Crippen LogP contribution in [0.3, 0.4) is 0 Å². The van der Waals surface area contributed by atoms with Crippen LogP contribution in [0.4, 0.5) is 4.39 Å². The van der Waals surface area contributed by atoms with Crippen LogP contribution in [0.15, 0.2) is 96.4 Å². The van der Waals surface area contributed by atoms with Gasteiger partial charge in [0.1, 0.15) is 10.7 Å². The molecule has 0 fully saturated rings. The summed E-state index contributed by atoms with van der Waals surface area (Å²) in [5, 5.41) is 2.91. The second-order valence-corrected chi connectivity index (χ2v) is 8.25. The molecule has 3 aromatic carbocycles. The van der Waals surface area contributed by atoms with E-state index in [1.165, 1.54) is 12.1 Å². The van der Waals surface area contributed by atoms with Gasteiger partial charge in [-0.05, 0) is 29.3 Å². The van der Waals surface area contributed by atoms with Crippen molar-refractivity contribution in [2.24, 2.45) is 0 Å². The fourth-order valence-electron chi connectivity index (χ4n) is 2.96. The first-order chi connectivity index (χ1) is 14.4. The lowest BCUT2D eigenvalue weighted by Crippen LogP contribution is -2.30. The molecule has 5 nitrogen and oxygen atoms in total. The summed E-state index contributed by atoms with van der Waals surface area (Å²) in [6.07, 6.45) is 1.34. The van der Waals surface area contributed by atoms with Crippen molar-refractivity contribution in [1.82, 2.24) is 10.0 Å². The average Bonchev–Trinajstić information content (AvgIpc) is 2.77. The van der Waals surface area contributed by atoms with Crippen molar-refractivity contribution in [1.29, 1.82) is 0 Å². The van der Waals surface area contributed by atoms with E-state index in [-0.39, 0.29) is 12.1 Å². The van der Waals surface area contributed by atoms with Gasteiger partial charge in [0.2, 0.25) is 10.0 Å². The number of nitrogens with one attached hydrogen (secondary N) is 2. The van der Waals surface area contributed by atoms with Crippen LogP contribution in [0.1, 0.15) is 27.5 Å². The summed E-state index contributed by atoms with van der Waals surface area (Å²) >= 11 is 0. The molecular weight excluding hydrogens is 403 g/mol. The van der Waals surface area contributed by atoms with Gasteiger partial charge in [-0.3, -0.25) is 4.79 Å². The number of hydrogen-bond acceptors (Lipinski definition) is 3. The molecule has 1 amide bonds. The quantitative estimate of drug-likeness (QED) is 0.540. The van der Waals surface area contributed by atoms with Crippen LogP contribution < -0.4 is 10.0 Å². The molecular formula is C23H21FN2O3S. The van der Waals surface area contributed by atoms with Gasteiger partial charge in [0.15, 0.2) is 0 Å². The second kappa shape index (κ2) is 9.47. The summed E-state index contributed by atoms with van der Waals surface area (Å²) in [7, 11) is -4.12. The van der Waals surface area contributed by atoms with Gasteiger partial charge in [0, 0.05) is 12.1 Å². The number of amides is 1. The molecule has 0 aromatic heterocycles. The van der Waals surface area contributed by atoms with Crippen LogP contribution in [0, 0.1) is 5.82 Å². The Morgan fingerprint density at radius 3 is 2.07 bits per heavy atom. The van der Waals surface area contributed by atoms with E-state index in [4.69, 9.17) is 0 Å². The Morgan fingerprint density at radius 2 is 1.53 bits per heavy atom. The van der Waals surface area contributed by atoms with Gasteiger partial charge in [-0.25, -0.2) is 17.5 Å². The lowest BCUT2D eigenvalue weighted by molar-refractivity contribution is 0.0942. The van der Waals surface area contributed by atoms with E-state index in [9.17, 15) is 17.6 Å². The summed E-state index contributed by atoms with van der Waals surface area (Å²) in [5.74, 6) is -1.46. The van der Waals surface area contributed by atoms with E-state index in [1.807, 2.05) is 60.7 Å². The Balaban J connectivity index is 1.93.